The maximum atomic E-state index is 13.0. The molecule has 1 aliphatic heterocycles. The highest BCUT2D eigenvalue weighted by atomic mass is 32.2. The van der Waals surface area contributed by atoms with Gasteiger partial charge in [0.25, 0.3) is 0 Å². The Labute approximate surface area is 176 Å². The van der Waals surface area contributed by atoms with Gasteiger partial charge in [-0.2, -0.15) is 0 Å². The molecule has 3 rings (SSSR count). The van der Waals surface area contributed by atoms with E-state index < -0.39 is 16.1 Å². The van der Waals surface area contributed by atoms with Crippen LogP contribution in [0.1, 0.15) is 36.5 Å². The van der Waals surface area contributed by atoms with Crippen LogP contribution in [0, 0.1) is 11.7 Å². The summed E-state index contributed by atoms with van der Waals surface area (Å²) in [7, 11) is -3.16. The number of anilines is 1. The molecular weight excluding hydrogens is 407 g/mol. The van der Waals surface area contributed by atoms with Gasteiger partial charge in [-0.15, -0.1) is 0 Å². The number of halogens is 1. The van der Waals surface area contributed by atoms with E-state index in [1.807, 2.05) is 24.3 Å². The van der Waals surface area contributed by atoms with E-state index in [0.29, 0.717) is 37.9 Å². The minimum Gasteiger partial charge on any atom is -0.388 e. The third kappa shape index (κ3) is 6.10. The molecule has 1 aliphatic rings. The smallest absolute Gasteiger partial charge is 0.231 e. The summed E-state index contributed by atoms with van der Waals surface area (Å²) in [6.07, 6.45) is 2.93. The molecule has 1 saturated heterocycles. The second-order valence-corrected chi connectivity index (χ2v) is 9.56. The number of rotatable bonds is 10. The number of β-lactam (4-membered cyclic amide) rings is 1. The van der Waals surface area contributed by atoms with Crippen molar-refractivity contribution in [1.82, 2.24) is 4.72 Å². The summed E-state index contributed by atoms with van der Waals surface area (Å²) in [6.45, 7) is 1.02. The van der Waals surface area contributed by atoms with Gasteiger partial charge in [-0.1, -0.05) is 24.3 Å². The van der Waals surface area contributed by atoms with E-state index in [0.717, 1.165) is 23.9 Å². The lowest BCUT2D eigenvalue weighted by atomic mass is 9.90. The molecule has 2 N–H and O–H groups in total. The van der Waals surface area contributed by atoms with E-state index in [1.54, 1.807) is 17.0 Å². The molecule has 2 aromatic carbocycles. The molecule has 0 aromatic heterocycles. The fraction of sp³-hybridized carbons (Fsp3) is 0.409. The quantitative estimate of drug-likeness (QED) is 0.445. The molecule has 2 atom stereocenters. The Hall–Kier alpha value is -2.29. The standard InChI is InChI=1S/C22H27FN2O4S/c1-30(28,29)24-14-2-3-16-4-11-20(12-5-16)25-15-18(22(25)27)8-13-21(26)17-6-9-19(23)10-7-17/h4-7,9-12,18,21,24,26H,2-3,8,13-15H2,1H3. The van der Waals surface area contributed by atoms with Gasteiger partial charge in [0.15, 0.2) is 0 Å². The first-order chi connectivity index (χ1) is 14.2. The van der Waals surface area contributed by atoms with Crippen LogP contribution in [-0.4, -0.2) is 38.8 Å². The Morgan fingerprint density at radius 3 is 2.43 bits per heavy atom. The number of hydrogen-bond acceptors (Lipinski definition) is 4. The summed E-state index contributed by atoms with van der Waals surface area (Å²) in [5.74, 6) is -0.402. The molecule has 6 nitrogen and oxygen atoms in total. The van der Waals surface area contributed by atoms with Crippen molar-refractivity contribution in [1.29, 1.82) is 0 Å². The topological polar surface area (TPSA) is 86.7 Å². The van der Waals surface area contributed by atoms with Crippen molar-refractivity contribution in [2.45, 2.75) is 31.8 Å². The highest BCUT2D eigenvalue weighted by molar-refractivity contribution is 7.88. The first-order valence-electron chi connectivity index (χ1n) is 10.0. The predicted molar refractivity (Wildman–Crippen MR) is 114 cm³/mol. The van der Waals surface area contributed by atoms with Crippen molar-refractivity contribution in [3.63, 3.8) is 0 Å². The highest BCUT2D eigenvalue weighted by Crippen LogP contribution is 2.31. The van der Waals surface area contributed by atoms with Gasteiger partial charge in [0.2, 0.25) is 15.9 Å². The summed E-state index contributed by atoms with van der Waals surface area (Å²) in [6, 6.07) is 13.5. The number of carbonyl (C=O) groups is 1. The van der Waals surface area contributed by atoms with Crippen molar-refractivity contribution in [2.24, 2.45) is 5.92 Å². The van der Waals surface area contributed by atoms with Gasteiger partial charge in [-0.3, -0.25) is 4.79 Å². The number of nitrogens with zero attached hydrogens (tertiary/aromatic N) is 1. The van der Waals surface area contributed by atoms with Gasteiger partial charge in [0, 0.05) is 18.8 Å². The van der Waals surface area contributed by atoms with Gasteiger partial charge in [-0.05, 0) is 61.1 Å². The number of sulfonamides is 1. The maximum absolute atomic E-state index is 13.0. The van der Waals surface area contributed by atoms with Crippen LogP contribution >= 0.6 is 0 Å². The van der Waals surface area contributed by atoms with E-state index in [-0.39, 0.29) is 17.6 Å². The van der Waals surface area contributed by atoms with Gasteiger partial charge in [0.05, 0.1) is 18.3 Å². The minimum atomic E-state index is -3.16. The van der Waals surface area contributed by atoms with Crippen molar-refractivity contribution in [3.05, 3.63) is 65.5 Å². The Bertz CT molecular complexity index is 962. The molecule has 2 unspecified atom stereocenters. The number of nitrogens with one attached hydrogen (secondary N) is 1. The van der Waals surface area contributed by atoms with Crippen LogP contribution in [0.3, 0.4) is 0 Å². The van der Waals surface area contributed by atoms with Crippen molar-refractivity contribution in [3.8, 4) is 0 Å². The molecule has 8 heteroatoms. The molecule has 2 aromatic rings. The van der Waals surface area contributed by atoms with Crippen LogP contribution in [0.25, 0.3) is 0 Å². The molecule has 0 saturated carbocycles. The average molecular weight is 435 g/mol. The molecule has 0 spiro atoms. The Morgan fingerprint density at radius 2 is 1.83 bits per heavy atom. The lowest BCUT2D eigenvalue weighted by Crippen LogP contribution is -2.52. The average Bonchev–Trinajstić information content (AvgIpc) is 2.70. The second-order valence-electron chi connectivity index (χ2n) is 7.73. The lowest BCUT2D eigenvalue weighted by molar-refractivity contribution is -0.127. The van der Waals surface area contributed by atoms with Crippen LogP contribution in [0.4, 0.5) is 10.1 Å². The third-order valence-electron chi connectivity index (χ3n) is 5.32. The fourth-order valence-electron chi connectivity index (χ4n) is 3.55. The van der Waals surface area contributed by atoms with E-state index in [1.165, 1.54) is 12.1 Å². The first-order valence-corrected chi connectivity index (χ1v) is 11.9. The molecule has 0 aliphatic carbocycles. The highest BCUT2D eigenvalue weighted by Gasteiger charge is 2.37. The molecular formula is C22H27FN2O4S. The molecule has 30 heavy (non-hydrogen) atoms. The molecule has 0 radical (unpaired) electrons. The summed E-state index contributed by atoms with van der Waals surface area (Å²) >= 11 is 0. The zero-order valence-electron chi connectivity index (χ0n) is 16.9. The monoisotopic (exact) mass is 434 g/mol. The molecule has 162 valence electrons. The Kier molecular flexibility index (Phi) is 7.23. The van der Waals surface area contributed by atoms with Crippen molar-refractivity contribution in [2.75, 3.05) is 24.2 Å². The summed E-state index contributed by atoms with van der Waals surface area (Å²) in [5.41, 5.74) is 2.58. The van der Waals surface area contributed by atoms with Crippen LogP contribution in [0.5, 0.6) is 0 Å². The molecule has 1 fully saturated rings. The van der Waals surface area contributed by atoms with Crippen molar-refractivity contribution >= 4 is 21.6 Å². The number of aliphatic hydroxyl groups excluding tert-OH is 1. The number of amides is 1. The lowest BCUT2D eigenvalue weighted by Gasteiger charge is -2.39. The third-order valence-corrected chi connectivity index (χ3v) is 6.04. The van der Waals surface area contributed by atoms with Gasteiger partial charge < -0.3 is 10.0 Å². The van der Waals surface area contributed by atoms with Crippen LogP contribution in [0.2, 0.25) is 0 Å². The Balaban J connectivity index is 1.43. The normalized spacial score (nSPS) is 17.6. The van der Waals surface area contributed by atoms with Crippen molar-refractivity contribution < 1.29 is 22.7 Å². The SMILES string of the molecule is CS(=O)(=O)NCCCc1ccc(N2CC(CCC(O)c3ccc(F)cc3)C2=O)cc1. The zero-order chi connectivity index (χ0) is 21.7. The molecule has 1 amide bonds. The number of carbonyl (C=O) groups excluding carboxylic acids is 1. The number of hydrogen-bond donors (Lipinski definition) is 2. The zero-order valence-corrected chi connectivity index (χ0v) is 17.7. The second kappa shape index (κ2) is 9.68. The first kappa shape index (κ1) is 22.4. The van der Waals surface area contributed by atoms with Crippen LogP contribution in [-0.2, 0) is 21.2 Å². The number of aryl methyl sites for hydroxylation is 1. The van der Waals surface area contributed by atoms with E-state index >= 15 is 0 Å². The van der Waals surface area contributed by atoms with Crippen LogP contribution < -0.4 is 9.62 Å². The molecule has 1 heterocycles. The van der Waals surface area contributed by atoms with Gasteiger partial charge in [0.1, 0.15) is 5.82 Å². The summed E-state index contributed by atoms with van der Waals surface area (Å²) in [5, 5.41) is 10.2. The maximum Gasteiger partial charge on any atom is 0.231 e. The summed E-state index contributed by atoms with van der Waals surface area (Å²) in [4.78, 5) is 14.2. The van der Waals surface area contributed by atoms with Crippen LogP contribution in [0.15, 0.2) is 48.5 Å². The van der Waals surface area contributed by atoms with E-state index in [4.69, 9.17) is 0 Å². The van der Waals surface area contributed by atoms with Gasteiger partial charge >= 0.3 is 0 Å². The van der Waals surface area contributed by atoms with E-state index in [2.05, 4.69) is 4.72 Å². The Morgan fingerprint density at radius 1 is 1.17 bits per heavy atom. The van der Waals surface area contributed by atoms with E-state index in [9.17, 15) is 22.7 Å². The molecule has 0 bridgehead atoms. The predicted octanol–water partition coefficient (Wildman–Crippen LogP) is 2.78. The fourth-order valence-corrected chi connectivity index (χ4v) is 4.06. The number of benzene rings is 2. The number of aliphatic hydroxyl groups is 1. The van der Waals surface area contributed by atoms with Gasteiger partial charge in [-0.25, -0.2) is 17.5 Å². The summed E-state index contributed by atoms with van der Waals surface area (Å²) < 4.78 is 37.5. The largest absolute Gasteiger partial charge is 0.388 e. The minimum absolute atomic E-state index is 0.0476.